The van der Waals surface area contributed by atoms with Crippen molar-refractivity contribution < 1.29 is 4.39 Å². The Morgan fingerprint density at radius 3 is 2.76 bits per heavy atom. The van der Waals surface area contributed by atoms with Crippen LogP contribution in [0.4, 0.5) is 4.39 Å². The van der Waals surface area contributed by atoms with Crippen LogP contribution >= 0.6 is 0 Å². The molecule has 1 aliphatic rings. The van der Waals surface area contributed by atoms with Gasteiger partial charge in [-0.3, -0.25) is 0 Å². The van der Waals surface area contributed by atoms with Gasteiger partial charge < -0.3 is 5.32 Å². The average Bonchev–Trinajstić information content (AvgIpc) is 2.38. The third-order valence-electron chi connectivity index (χ3n) is 3.37. The molecule has 0 aromatic heterocycles. The molecule has 1 aromatic rings. The standard InChI is InChI=1S/C14H17FN2/c15-13-7-6-11(9-16)12(8-13)10-17-14-4-2-1-3-5-14/h6-8,14,17H,1-5,10H2. The Labute approximate surface area is 101 Å². The van der Waals surface area contributed by atoms with Crippen LogP contribution in [0.25, 0.3) is 0 Å². The molecule has 0 saturated heterocycles. The first-order valence-electron chi connectivity index (χ1n) is 6.21. The van der Waals surface area contributed by atoms with Crippen LogP contribution in [0.5, 0.6) is 0 Å². The molecule has 0 heterocycles. The lowest BCUT2D eigenvalue weighted by Gasteiger charge is -2.23. The predicted octanol–water partition coefficient (Wildman–Crippen LogP) is 3.12. The van der Waals surface area contributed by atoms with E-state index >= 15 is 0 Å². The molecule has 90 valence electrons. The first-order valence-corrected chi connectivity index (χ1v) is 6.21. The number of hydrogen-bond donors (Lipinski definition) is 1. The van der Waals surface area contributed by atoms with Gasteiger partial charge in [0.15, 0.2) is 0 Å². The third kappa shape index (κ3) is 3.28. The lowest BCUT2D eigenvalue weighted by molar-refractivity contribution is 0.372. The van der Waals surface area contributed by atoms with E-state index in [1.165, 1.54) is 44.2 Å². The quantitative estimate of drug-likeness (QED) is 0.869. The molecule has 0 radical (unpaired) electrons. The zero-order valence-electron chi connectivity index (χ0n) is 9.88. The van der Waals surface area contributed by atoms with Crippen molar-refractivity contribution in [2.45, 2.75) is 44.7 Å². The van der Waals surface area contributed by atoms with Crippen LogP contribution in [0.3, 0.4) is 0 Å². The summed E-state index contributed by atoms with van der Waals surface area (Å²) in [5.74, 6) is -0.274. The second-order valence-corrected chi connectivity index (χ2v) is 4.63. The summed E-state index contributed by atoms with van der Waals surface area (Å²) in [4.78, 5) is 0. The minimum absolute atomic E-state index is 0.274. The number of nitrogens with zero attached hydrogens (tertiary/aromatic N) is 1. The first kappa shape index (κ1) is 12.1. The van der Waals surface area contributed by atoms with Crippen LogP contribution in [0.1, 0.15) is 43.2 Å². The first-order chi connectivity index (χ1) is 8.29. The molecule has 1 N–H and O–H groups in total. The maximum atomic E-state index is 13.1. The highest BCUT2D eigenvalue weighted by molar-refractivity contribution is 5.37. The van der Waals surface area contributed by atoms with E-state index in [0.717, 1.165) is 5.56 Å². The largest absolute Gasteiger partial charge is 0.310 e. The van der Waals surface area contributed by atoms with Crippen molar-refractivity contribution in [1.29, 1.82) is 5.26 Å². The SMILES string of the molecule is N#Cc1ccc(F)cc1CNC1CCCCC1. The zero-order valence-corrected chi connectivity index (χ0v) is 9.88. The molecule has 0 spiro atoms. The Morgan fingerprint density at radius 2 is 2.06 bits per heavy atom. The van der Waals surface area contributed by atoms with Gasteiger partial charge in [0.05, 0.1) is 11.6 Å². The van der Waals surface area contributed by atoms with E-state index in [2.05, 4.69) is 11.4 Å². The zero-order chi connectivity index (χ0) is 12.1. The molecule has 3 heteroatoms. The summed E-state index contributed by atoms with van der Waals surface area (Å²) in [5.41, 5.74) is 1.33. The van der Waals surface area contributed by atoms with Gasteiger partial charge in [-0.15, -0.1) is 0 Å². The van der Waals surface area contributed by atoms with Gasteiger partial charge in [0.1, 0.15) is 5.82 Å². The van der Waals surface area contributed by atoms with Gasteiger partial charge in [-0.1, -0.05) is 19.3 Å². The molecule has 0 bridgehead atoms. The van der Waals surface area contributed by atoms with Crippen LogP contribution in [-0.2, 0) is 6.54 Å². The Bertz CT molecular complexity index is 417. The van der Waals surface area contributed by atoms with Gasteiger partial charge in [0.2, 0.25) is 0 Å². The highest BCUT2D eigenvalue weighted by Gasteiger charge is 2.13. The summed E-state index contributed by atoms with van der Waals surface area (Å²) >= 11 is 0. The Kier molecular flexibility index (Phi) is 4.11. The minimum atomic E-state index is -0.274. The average molecular weight is 232 g/mol. The third-order valence-corrected chi connectivity index (χ3v) is 3.37. The maximum Gasteiger partial charge on any atom is 0.123 e. The molecule has 1 saturated carbocycles. The molecule has 0 aliphatic heterocycles. The van der Waals surface area contributed by atoms with Crippen LogP contribution < -0.4 is 5.32 Å². The number of halogens is 1. The number of nitriles is 1. The maximum absolute atomic E-state index is 13.1. The molecule has 17 heavy (non-hydrogen) atoms. The van der Waals surface area contributed by atoms with Crippen molar-refractivity contribution in [2.24, 2.45) is 0 Å². The van der Waals surface area contributed by atoms with Gasteiger partial charge in [-0.05, 0) is 36.6 Å². The topological polar surface area (TPSA) is 35.8 Å². The van der Waals surface area contributed by atoms with Gasteiger partial charge in [-0.2, -0.15) is 5.26 Å². The van der Waals surface area contributed by atoms with E-state index in [1.54, 1.807) is 6.07 Å². The fraction of sp³-hybridized carbons (Fsp3) is 0.500. The second-order valence-electron chi connectivity index (χ2n) is 4.63. The summed E-state index contributed by atoms with van der Waals surface area (Å²) < 4.78 is 13.1. The minimum Gasteiger partial charge on any atom is -0.310 e. The van der Waals surface area contributed by atoms with E-state index in [1.807, 2.05) is 0 Å². The van der Waals surface area contributed by atoms with Gasteiger partial charge in [-0.25, -0.2) is 4.39 Å². The highest BCUT2D eigenvalue weighted by atomic mass is 19.1. The van der Waals surface area contributed by atoms with Crippen molar-refractivity contribution in [1.82, 2.24) is 5.32 Å². The predicted molar refractivity (Wildman–Crippen MR) is 64.8 cm³/mol. The molecule has 1 aliphatic carbocycles. The normalized spacial score (nSPS) is 16.7. The Hall–Kier alpha value is -1.40. The summed E-state index contributed by atoms with van der Waals surface area (Å²) in [6.45, 7) is 0.589. The summed E-state index contributed by atoms with van der Waals surface area (Å²) in [6.07, 6.45) is 6.24. The molecule has 0 atom stereocenters. The molecule has 0 unspecified atom stereocenters. The van der Waals surface area contributed by atoms with E-state index in [9.17, 15) is 4.39 Å². The lowest BCUT2D eigenvalue weighted by atomic mass is 9.95. The van der Waals surface area contributed by atoms with Crippen molar-refractivity contribution in [2.75, 3.05) is 0 Å². The van der Waals surface area contributed by atoms with Crippen LogP contribution in [0, 0.1) is 17.1 Å². The number of rotatable bonds is 3. The molecule has 0 amide bonds. The molecule has 2 nitrogen and oxygen atoms in total. The van der Waals surface area contributed by atoms with Gasteiger partial charge in [0.25, 0.3) is 0 Å². The Balaban J connectivity index is 1.98. The fourth-order valence-corrected chi connectivity index (χ4v) is 2.38. The molecular formula is C14H17FN2. The molecule has 1 aromatic carbocycles. The number of nitrogens with one attached hydrogen (secondary N) is 1. The fourth-order valence-electron chi connectivity index (χ4n) is 2.38. The van der Waals surface area contributed by atoms with Gasteiger partial charge in [0, 0.05) is 12.6 Å². The van der Waals surface area contributed by atoms with Gasteiger partial charge >= 0.3 is 0 Å². The second kappa shape index (κ2) is 5.79. The number of hydrogen-bond acceptors (Lipinski definition) is 2. The summed E-state index contributed by atoms with van der Waals surface area (Å²) in [5, 5.41) is 12.4. The van der Waals surface area contributed by atoms with Crippen LogP contribution in [0.15, 0.2) is 18.2 Å². The lowest BCUT2D eigenvalue weighted by Crippen LogP contribution is -2.30. The van der Waals surface area contributed by atoms with Crippen molar-refractivity contribution in [3.05, 3.63) is 35.1 Å². The van der Waals surface area contributed by atoms with E-state index < -0.39 is 0 Å². The van der Waals surface area contributed by atoms with Crippen LogP contribution in [-0.4, -0.2) is 6.04 Å². The summed E-state index contributed by atoms with van der Waals surface area (Å²) in [7, 11) is 0. The van der Waals surface area contributed by atoms with E-state index in [-0.39, 0.29) is 5.82 Å². The smallest absolute Gasteiger partial charge is 0.123 e. The van der Waals surface area contributed by atoms with Crippen molar-refractivity contribution in [3.63, 3.8) is 0 Å². The van der Waals surface area contributed by atoms with Crippen molar-refractivity contribution in [3.8, 4) is 6.07 Å². The highest BCUT2D eigenvalue weighted by Crippen LogP contribution is 2.18. The summed E-state index contributed by atoms with van der Waals surface area (Å²) in [6, 6.07) is 6.97. The van der Waals surface area contributed by atoms with E-state index in [4.69, 9.17) is 5.26 Å². The number of benzene rings is 1. The van der Waals surface area contributed by atoms with Crippen molar-refractivity contribution >= 4 is 0 Å². The van der Waals surface area contributed by atoms with E-state index in [0.29, 0.717) is 18.2 Å². The molecular weight excluding hydrogens is 215 g/mol. The molecule has 1 fully saturated rings. The Morgan fingerprint density at radius 1 is 1.29 bits per heavy atom. The van der Waals surface area contributed by atoms with Crippen LogP contribution in [0.2, 0.25) is 0 Å². The molecule has 2 rings (SSSR count). The monoisotopic (exact) mass is 232 g/mol.